The number of aryl methyl sites for hydroxylation is 1. The first kappa shape index (κ1) is 9.26. The second-order valence-corrected chi connectivity index (χ2v) is 3.32. The Bertz CT molecular complexity index is 308. The Balaban J connectivity index is 3.28. The lowest BCUT2D eigenvalue weighted by Crippen LogP contribution is -1.91. The van der Waals surface area contributed by atoms with Crippen molar-refractivity contribution < 1.29 is 9.53 Å². The van der Waals surface area contributed by atoms with E-state index in [2.05, 4.69) is 15.9 Å². The third-order valence-corrected chi connectivity index (χ3v) is 2.49. The van der Waals surface area contributed by atoms with Gasteiger partial charge in [0, 0.05) is 4.47 Å². The Labute approximate surface area is 79.7 Å². The Morgan fingerprint density at radius 1 is 1.50 bits per heavy atom. The molecule has 1 aromatic carbocycles. The predicted molar refractivity (Wildman–Crippen MR) is 50.8 cm³/mol. The van der Waals surface area contributed by atoms with Gasteiger partial charge in [-0.15, -0.1) is 0 Å². The van der Waals surface area contributed by atoms with Crippen molar-refractivity contribution in [3.63, 3.8) is 0 Å². The van der Waals surface area contributed by atoms with Crippen molar-refractivity contribution in [2.75, 3.05) is 7.11 Å². The van der Waals surface area contributed by atoms with Gasteiger partial charge in [0.1, 0.15) is 5.75 Å². The summed E-state index contributed by atoms with van der Waals surface area (Å²) in [6, 6.07) is 3.58. The lowest BCUT2D eigenvalue weighted by Gasteiger charge is -2.05. The van der Waals surface area contributed by atoms with Crippen molar-refractivity contribution in [1.29, 1.82) is 0 Å². The van der Waals surface area contributed by atoms with Crippen LogP contribution >= 0.6 is 15.9 Å². The van der Waals surface area contributed by atoms with E-state index in [-0.39, 0.29) is 0 Å². The summed E-state index contributed by atoms with van der Waals surface area (Å²) >= 11 is 3.35. The number of hydrogen-bond donors (Lipinski definition) is 0. The third kappa shape index (κ3) is 1.67. The second kappa shape index (κ2) is 3.72. The molecule has 0 unspecified atom stereocenters. The molecule has 0 saturated carbocycles. The van der Waals surface area contributed by atoms with Gasteiger partial charge in [-0.2, -0.15) is 0 Å². The molecule has 64 valence electrons. The normalized spacial score (nSPS) is 9.58. The number of halogens is 1. The molecule has 0 spiro atoms. The number of rotatable bonds is 2. The highest BCUT2D eigenvalue weighted by atomic mass is 79.9. The van der Waals surface area contributed by atoms with Crippen LogP contribution in [0.2, 0.25) is 0 Å². The Morgan fingerprint density at radius 2 is 2.17 bits per heavy atom. The highest BCUT2D eigenvalue weighted by Gasteiger charge is 2.04. The first-order valence-electron chi connectivity index (χ1n) is 3.48. The molecule has 0 aromatic heterocycles. The molecule has 2 nitrogen and oxygen atoms in total. The van der Waals surface area contributed by atoms with Gasteiger partial charge >= 0.3 is 0 Å². The van der Waals surface area contributed by atoms with E-state index in [0.717, 1.165) is 16.3 Å². The number of benzene rings is 1. The Kier molecular flexibility index (Phi) is 2.87. The maximum Gasteiger partial charge on any atom is 0.153 e. The maximum absolute atomic E-state index is 10.6. The van der Waals surface area contributed by atoms with Crippen molar-refractivity contribution in [1.82, 2.24) is 0 Å². The molecule has 0 bridgehead atoms. The summed E-state index contributed by atoms with van der Waals surface area (Å²) < 4.78 is 5.96. The van der Waals surface area contributed by atoms with Crippen LogP contribution in [-0.4, -0.2) is 13.4 Å². The molecule has 0 aliphatic rings. The minimum Gasteiger partial charge on any atom is -0.496 e. The van der Waals surface area contributed by atoms with Crippen LogP contribution in [0.25, 0.3) is 0 Å². The van der Waals surface area contributed by atoms with Gasteiger partial charge in [0.25, 0.3) is 0 Å². The summed E-state index contributed by atoms with van der Waals surface area (Å²) in [5.41, 5.74) is 1.61. The van der Waals surface area contributed by atoms with Gasteiger partial charge in [-0.05, 0) is 24.6 Å². The van der Waals surface area contributed by atoms with Gasteiger partial charge in [-0.3, -0.25) is 4.79 Å². The van der Waals surface area contributed by atoms with Crippen molar-refractivity contribution >= 4 is 22.2 Å². The van der Waals surface area contributed by atoms with E-state index in [0.29, 0.717) is 11.3 Å². The first-order chi connectivity index (χ1) is 5.69. The van der Waals surface area contributed by atoms with Gasteiger partial charge in [0.05, 0.1) is 12.7 Å². The van der Waals surface area contributed by atoms with Crippen molar-refractivity contribution in [2.24, 2.45) is 0 Å². The van der Waals surface area contributed by atoms with Crippen LogP contribution in [0, 0.1) is 6.92 Å². The van der Waals surface area contributed by atoms with Crippen LogP contribution < -0.4 is 4.74 Å². The monoisotopic (exact) mass is 228 g/mol. The van der Waals surface area contributed by atoms with E-state index >= 15 is 0 Å². The number of carbonyl (C=O) groups excluding carboxylic acids is 1. The molecule has 0 N–H and O–H groups in total. The summed E-state index contributed by atoms with van der Waals surface area (Å²) in [6.45, 7) is 1.93. The number of methoxy groups -OCH3 is 1. The molecule has 1 aromatic rings. The van der Waals surface area contributed by atoms with E-state index in [1.165, 1.54) is 0 Å². The van der Waals surface area contributed by atoms with E-state index in [1.54, 1.807) is 19.2 Å². The number of ether oxygens (including phenoxy) is 1. The average molecular weight is 229 g/mol. The zero-order chi connectivity index (χ0) is 9.14. The van der Waals surface area contributed by atoms with Crippen molar-refractivity contribution in [3.8, 4) is 5.75 Å². The van der Waals surface area contributed by atoms with Gasteiger partial charge in [-0.25, -0.2) is 0 Å². The summed E-state index contributed by atoms with van der Waals surface area (Å²) in [6.07, 6.45) is 0.790. The summed E-state index contributed by atoms with van der Waals surface area (Å²) in [4.78, 5) is 10.6. The number of aldehydes is 1. The lowest BCUT2D eigenvalue weighted by atomic mass is 10.1. The molecule has 0 heterocycles. The first-order valence-corrected chi connectivity index (χ1v) is 4.27. The van der Waals surface area contributed by atoms with Crippen LogP contribution in [0.1, 0.15) is 15.9 Å². The van der Waals surface area contributed by atoms with Crippen LogP contribution in [0.15, 0.2) is 16.6 Å². The highest BCUT2D eigenvalue weighted by molar-refractivity contribution is 9.10. The highest BCUT2D eigenvalue weighted by Crippen LogP contribution is 2.25. The number of carbonyl (C=O) groups is 1. The number of hydrogen-bond acceptors (Lipinski definition) is 2. The van der Waals surface area contributed by atoms with Crippen molar-refractivity contribution in [3.05, 3.63) is 27.7 Å². The predicted octanol–water partition coefficient (Wildman–Crippen LogP) is 2.58. The summed E-state index contributed by atoms with van der Waals surface area (Å²) in [7, 11) is 1.55. The van der Waals surface area contributed by atoms with Gasteiger partial charge in [-0.1, -0.05) is 15.9 Å². The van der Waals surface area contributed by atoms with E-state index < -0.39 is 0 Å². The van der Waals surface area contributed by atoms with Gasteiger partial charge in [0.2, 0.25) is 0 Å². The van der Waals surface area contributed by atoms with Gasteiger partial charge in [0.15, 0.2) is 6.29 Å². The second-order valence-electron chi connectivity index (χ2n) is 2.46. The molecule has 0 amide bonds. The van der Waals surface area contributed by atoms with E-state index in [4.69, 9.17) is 4.74 Å². The maximum atomic E-state index is 10.6. The van der Waals surface area contributed by atoms with Crippen LogP contribution in [0.5, 0.6) is 5.75 Å². The summed E-state index contributed by atoms with van der Waals surface area (Å²) in [5.74, 6) is 0.600. The standard InChI is InChI=1S/C9H9BrO2/c1-6-3-7(5-11)9(12-2)4-8(6)10/h3-5H,1-2H3. The SMILES string of the molecule is COc1cc(Br)c(C)cc1C=O. The molecule has 0 fully saturated rings. The molecule has 0 radical (unpaired) electrons. The smallest absolute Gasteiger partial charge is 0.153 e. The summed E-state index contributed by atoms with van der Waals surface area (Å²) in [5, 5.41) is 0. The van der Waals surface area contributed by atoms with Crippen LogP contribution in [0.3, 0.4) is 0 Å². The minimum absolute atomic E-state index is 0.582. The molecule has 0 atom stereocenters. The fourth-order valence-electron chi connectivity index (χ4n) is 0.954. The van der Waals surface area contributed by atoms with Crippen molar-refractivity contribution in [2.45, 2.75) is 6.92 Å². The molecule has 0 aliphatic carbocycles. The molecule has 12 heavy (non-hydrogen) atoms. The molecule has 3 heteroatoms. The third-order valence-electron chi connectivity index (χ3n) is 1.64. The van der Waals surface area contributed by atoms with E-state index in [9.17, 15) is 4.79 Å². The molecule has 0 saturated heterocycles. The zero-order valence-corrected chi connectivity index (χ0v) is 8.51. The van der Waals surface area contributed by atoms with Crippen LogP contribution in [0.4, 0.5) is 0 Å². The zero-order valence-electron chi connectivity index (χ0n) is 6.93. The van der Waals surface area contributed by atoms with E-state index in [1.807, 2.05) is 6.92 Å². The lowest BCUT2D eigenvalue weighted by molar-refractivity contribution is 0.112. The van der Waals surface area contributed by atoms with Crippen LogP contribution in [-0.2, 0) is 0 Å². The molecular weight excluding hydrogens is 220 g/mol. The fraction of sp³-hybridized carbons (Fsp3) is 0.222. The molecular formula is C9H9BrO2. The molecule has 1 rings (SSSR count). The Hall–Kier alpha value is -0.830. The molecule has 0 aliphatic heterocycles. The van der Waals surface area contributed by atoms with Gasteiger partial charge < -0.3 is 4.74 Å². The Morgan fingerprint density at radius 3 is 2.67 bits per heavy atom. The quantitative estimate of drug-likeness (QED) is 0.728. The fourth-order valence-corrected chi connectivity index (χ4v) is 1.28. The average Bonchev–Trinajstić information content (AvgIpc) is 2.09. The minimum atomic E-state index is 0.582. The largest absolute Gasteiger partial charge is 0.496 e. The topological polar surface area (TPSA) is 26.3 Å².